The van der Waals surface area contributed by atoms with Gasteiger partial charge in [-0.15, -0.1) is 0 Å². The molecule has 0 radical (unpaired) electrons. The third kappa shape index (κ3) is 5.20. The van der Waals surface area contributed by atoms with E-state index in [-0.39, 0.29) is 24.3 Å². The van der Waals surface area contributed by atoms with E-state index in [0.717, 1.165) is 52.0 Å². The Hall–Kier alpha value is -2.56. The van der Waals surface area contributed by atoms with Gasteiger partial charge < -0.3 is 10.8 Å². The van der Waals surface area contributed by atoms with Crippen molar-refractivity contribution in [2.75, 3.05) is 0 Å². The molecule has 0 unspecified atom stereocenters. The lowest BCUT2D eigenvalue weighted by Crippen LogP contribution is -2.13. The lowest BCUT2D eigenvalue weighted by Gasteiger charge is -2.24. The van der Waals surface area contributed by atoms with Crippen LogP contribution in [0, 0.1) is 5.82 Å². The molecule has 31 heavy (non-hydrogen) atoms. The van der Waals surface area contributed by atoms with Crippen LogP contribution in [0.5, 0.6) is 0 Å². The molecule has 1 aromatic heterocycles. The molecule has 2 aromatic carbocycles. The second kappa shape index (κ2) is 10.2. The maximum Gasteiger partial charge on any atom is 0.123 e. The standard InChI is InChI=1S/C27H33FN2O/c1-17(2)26-23(13-8-19-6-5-7-20(14-19)15-29)25(21-9-11-22(28)12-10-21)24(16-31)27(30-26)18(3)4/h5-7,9-12,14,17-18,31H,8,13,15-16,29H2,1-4H3. The molecular formula is C27H33FN2O. The number of aliphatic hydroxyl groups is 1. The predicted octanol–water partition coefficient (Wildman–Crippen LogP) is 5.87. The van der Waals surface area contributed by atoms with Crippen molar-refractivity contribution >= 4 is 0 Å². The summed E-state index contributed by atoms with van der Waals surface area (Å²) in [5.74, 6) is 0.139. The van der Waals surface area contributed by atoms with E-state index in [4.69, 9.17) is 10.7 Å². The van der Waals surface area contributed by atoms with Crippen LogP contribution in [0.15, 0.2) is 48.5 Å². The van der Waals surface area contributed by atoms with Gasteiger partial charge in [0.2, 0.25) is 0 Å². The zero-order valence-corrected chi connectivity index (χ0v) is 19.0. The molecule has 164 valence electrons. The van der Waals surface area contributed by atoms with E-state index in [1.165, 1.54) is 17.7 Å². The third-order valence-electron chi connectivity index (χ3n) is 5.74. The fourth-order valence-corrected chi connectivity index (χ4v) is 4.22. The normalized spacial score (nSPS) is 11.5. The quantitative estimate of drug-likeness (QED) is 0.479. The zero-order chi connectivity index (χ0) is 22.5. The fraction of sp³-hybridized carbons (Fsp3) is 0.370. The number of aromatic nitrogens is 1. The Kier molecular flexibility index (Phi) is 7.58. The van der Waals surface area contributed by atoms with Gasteiger partial charge in [-0.1, -0.05) is 64.1 Å². The molecule has 3 aromatic rings. The van der Waals surface area contributed by atoms with Gasteiger partial charge in [0.1, 0.15) is 5.82 Å². The van der Waals surface area contributed by atoms with E-state index >= 15 is 0 Å². The molecule has 0 saturated heterocycles. The van der Waals surface area contributed by atoms with Crippen molar-refractivity contribution in [1.82, 2.24) is 4.98 Å². The summed E-state index contributed by atoms with van der Waals surface area (Å²) in [5, 5.41) is 10.3. The van der Waals surface area contributed by atoms with E-state index in [0.29, 0.717) is 6.54 Å². The minimum atomic E-state index is -0.267. The molecule has 3 rings (SSSR count). The number of hydrogen-bond acceptors (Lipinski definition) is 3. The Balaban J connectivity index is 2.19. The van der Waals surface area contributed by atoms with Crippen molar-refractivity contribution in [3.05, 3.63) is 88.0 Å². The van der Waals surface area contributed by atoms with Crippen molar-refractivity contribution in [3.63, 3.8) is 0 Å². The van der Waals surface area contributed by atoms with Gasteiger partial charge in [-0.05, 0) is 64.6 Å². The highest BCUT2D eigenvalue weighted by atomic mass is 19.1. The highest BCUT2D eigenvalue weighted by Crippen LogP contribution is 2.37. The SMILES string of the molecule is CC(C)c1nc(C(C)C)c(CCc2cccc(CN)c2)c(-c2ccc(F)cc2)c1CO. The Labute approximate surface area is 185 Å². The number of halogens is 1. The highest BCUT2D eigenvalue weighted by Gasteiger charge is 2.23. The van der Waals surface area contributed by atoms with E-state index < -0.39 is 0 Å². The predicted molar refractivity (Wildman–Crippen MR) is 125 cm³/mol. The fourth-order valence-electron chi connectivity index (χ4n) is 4.22. The number of hydrogen-bond donors (Lipinski definition) is 2. The van der Waals surface area contributed by atoms with Gasteiger partial charge in [0.05, 0.1) is 6.61 Å². The first-order valence-electron chi connectivity index (χ1n) is 11.1. The first kappa shape index (κ1) is 23.1. The molecule has 0 saturated carbocycles. The zero-order valence-electron chi connectivity index (χ0n) is 19.0. The van der Waals surface area contributed by atoms with E-state index in [2.05, 4.69) is 39.8 Å². The van der Waals surface area contributed by atoms with Crippen molar-refractivity contribution in [3.8, 4) is 11.1 Å². The number of nitrogens with two attached hydrogens (primary N) is 1. The van der Waals surface area contributed by atoms with Crippen LogP contribution in [0.2, 0.25) is 0 Å². The second-order valence-corrected chi connectivity index (χ2v) is 8.71. The molecule has 3 nitrogen and oxygen atoms in total. The van der Waals surface area contributed by atoms with E-state index in [1.54, 1.807) is 12.1 Å². The van der Waals surface area contributed by atoms with Crippen LogP contribution >= 0.6 is 0 Å². The summed E-state index contributed by atoms with van der Waals surface area (Å²) < 4.78 is 13.7. The van der Waals surface area contributed by atoms with Crippen molar-refractivity contribution in [2.24, 2.45) is 5.73 Å². The molecule has 4 heteroatoms. The molecule has 0 aliphatic carbocycles. The molecule has 0 spiro atoms. The van der Waals surface area contributed by atoms with Gasteiger partial charge in [0.15, 0.2) is 0 Å². The van der Waals surface area contributed by atoms with Crippen LogP contribution in [0.3, 0.4) is 0 Å². The molecule has 3 N–H and O–H groups in total. The van der Waals surface area contributed by atoms with Gasteiger partial charge in [0.25, 0.3) is 0 Å². The molecular weight excluding hydrogens is 387 g/mol. The van der Waals surface area contributed by atoms with Crippen LogP contribution in [-0.2, 0) is 26.0 Å². The largest absolute Gasteiger partial charge is 0.392 e. The summed E-state index contributed by atoms with van der Waals surface area (Å²) >= 11 is 0. The number of rotatable bonds is 8. The van der Waals surface area contributed by atoms with Crippen LogP contribution in [-0.4, -0.2) is 10.1 Å². The lowest BCUT2D eigenvalue weighted by molar-refractivity contribution is 0.279. The summed E-state index contributed by atoms with van der Waals surface area (Å²) in [7, 11) is 0. The first-order valence-corrected chi connectivity index (χ1v) is 11.1. The van der Waals surface area contributed by atoms with Crippen molar-refractivity contribution in [1.29, 1.82) is 0 Å². The van der Waals surface area contributed by atoms with Gasteiger partial charge in [-0.2, -0.15) is 0 Å². The van der Waals surface area contributed by atoms with Crippen molar-refractivity contribution in [2.45, 2.75) is 65.5 Å². The summed E-state index contributed by atoms with van der Waals surface area (Å²) in [6.07, 6.45) is 1.63. The van der Waals surface area contributed by atoms with E-state index in [9.17, 15) is 9.50 Å². The van der Waals surface area contributed by atoms with Crippen LogP contribution in [0.25, 0.3) is 11.1 Å². The summed E-state index contributed by atoms with van der Waals surface area (Å²) in [6, 6.07) is 14.9. The topological polar surface area (TPSA) is 59.1 Å². The van der Waals surface area contributed by atoms with Gasteiger partial charge >= 0.3 is 0 Å². The molecule has 0 atom stereocenters. The average Bonchev–Trinajstić information content (AvgIpc) is 2.77. The van der Waals surface area contributed by atoms with Crippen molar-refractivity contribution < 1.29 is 9.50 Å². The molecule has 1 heterocycles. The van der Waals surface area contributed by atoms with Gasteiger partial charge in [0, 0.05) is 23.5 Å². The molecule has 0 fully saturated rings. The van der Waals surface area contributed by atoms with Crippen LogP contribution < -0.4 is 5.73 Å². The Morgan fingerprint density at radius 1 is 0.871 bits per heavy atom. The number of pyridine rings is 1. The third-order valence-corrected chi connectivity index (χ3v) is 5.74. The first-order chi connectivity index (χ1) is 14.8. The number of nitrogens with zero attached hydrogens (tertiary/aromatic N) is 1. The Morgan fingerprint density at radius 2 is 1.48 bits per heavy atom. The summed E-state index contributed by atoms with van der Waals surface area (Å²) in [5.41, 5.74) is 14.0. The molecule has 0 amide bonds. The maximum atomic E-state index is 13.7. The molecule has 0 bridgehead atoms. The number of benzene rings is 2. The van der Waals surface area contributed by atoms with Crippen LogP contribution in [0.1, 0.15) is 73.2 Å². The smallest absolute Gasteiger partial charge is 0.123 e. The Morgan fingerprint density at radius 3 is 2.06 bits per heavy atom. The summed E-state index contributed by atoms with van der Waals surface area (Å²) in [6.45, 7) is 8.92. The van der Waals surface area contributed by atoms with Crippen LogP contribution in [0.4, 0.5) is 4.39 Å². The summed E-state index contributed by atoms with van der Waals surface area (Å²) in [4.78, 5) is 5.04. The molecule has 0 aliphatic rings. The Bertz CT molecular complexity index is 1030. The second-order valence-electron chi connectivity index (χ2n) is 8.71. The average molecular weight is 421 g/mol. The van der Waals surface area contributed by atoms with Gasteiger partial charge in [-0.3, -0.25) is 4.98 Å². The monoisotopic (exact) mass is 420 g/mol. The van der Waals surface area contributed by atoms with E-state index in [1.807, 2.05) is 12.1 Å². The minimum Gasteiger partial charge on any atom is -0.392 e. The number of aliphatic hydroxyl groups excluding tert-OH is 1. The lowest BCUT2D eigenvalue weighted by atomic mass is 9.85. The van der Waals surface area contributed by atoms with Gasteiger partial charge in [-0.25, -0.2) is 4.39 Å². The minimum absolute atomic E-state index is 0.0960. The maximum absolute atomic E-state index is 13.7. The number of aryl methyl sites for hydroxylation is 1. The highest BCUT2D eigenvalue weighted by molar-refractivity contribution is 5.73. The molecule has 0 aliphatic heterocycles.